The van der Waals surface area contributed by atoms with Crippen LogP contribution in [0.2, 0.25) is 0 Å². The van der Waals surface area contributed by atoms with Crippen molar-refractivity contribution in [3.05, 3.63) is 0 Å². The van der Waals surface area contributed by atoms with Gasteiger partial charge in [-0.15, -0.1) is 0 Å². The van der Waals surface area contributed by atoms with E-state index in [1.54, 1.807) is 0 Å². The molecule has 12 heavy (non-hydrogen) atoms. The Bertz CT molecular complexity index is 94.5. The van der Waals surface area contributed by atoms with Crippen molar-refractivity contribution >= 4 is 5.97 Å². The number of nitrogens with two attached hydrogens (primary N) is 1. The maximum absolute atomic E-state index is 9.96. The number of carbonyl (C=O) groups is 1. The predicted octanol–water partition coefficient (Wildman–Crippen LogP) is 2.01. The molecule has 0 aliphatic rings. The van der Waals surface area contributed by atoms with Crippen LogP contribution >= 0.6 is 0 Å². The maximum atomic E-state index is 9.96. The van der Waals surface area contributed by atoms with Crippen molar-refractivity contribution in [1.82, 2.24) is 0 Å². The molecule has 0 atom stereocenters. The first kappa shape index (κ1) is 14.0. The van der Waals surface area contributed by atoms with Gasteiger partial charge in [0.15, 0.2) is 0 Å². The summed E-state index contributed by atoms with van der Waals surface area (Å²) in [6, 6.07) is 0. The first-order valence-electron chi connectivity index (χ1n) is 4.60. The van der Waals surface area contributed by atoms with E-state index in [0.29, 0.717) is 6.42 Å². The summed E-state index contributed by atoms with van der Waals surface area (Å²) < 4.78 is 0. The van der Waals surface area contributed by atoms with Crippen LogP contribution in [0.4, 0.5) is 0 Å². The average molecular weight is 175 g/mol. The Morgan fingerprint density at radius 1 is 1.25 bits per heavy atom. The zero-order valence-corrected chi connectivity index (χ0v) is 8.18. The molecular weight excluding hydrogens is 154 g/mol. The molecule has 0 rings (SSSR count). The van der Waals surface area contributed by atoms with Crippen LogP contribution in [0, 0.1) is 0 Å². The fourth-order valence-corrected chi connectivity index (χ4v) is 0.703. The number of hydrogen-bond acceptors (Lipinski definition) is 2. The summed E-state index contributed by atoms with van der Waals surface area (Å²) in [6.45, 7) is 4.76. The largest absolute Gasteiger partial charge is 0.481 e. The predicted molar refractivity (Wildman–Crippen MR) is 51.1 cm³/mol. The van der Waals surface area contributed by atoms with E-state index in [2.05, 4.69) is 6.92 Å². The molecule has 3 nitrogen and oxygen atoms in total. The van der Waals surface area contributed by atoms with Gasteiger partial charge in [0.2, 0.25) is 0 Å². The Labute approximate surface area is 75.0 Å². The van der Waals surface area contributed by atoms with Crippen LogP contribution in [0.5, 0.6) is 0 Å². The van der Waals surface area contributed by atoms with Gasteiger partial charge in [0.05, 0.1) is 0 Å². The molecule has 0 bridgehead atoms. The Morgan fingerprint density at radius 3 is 2.08 bits per heavy atom. The molecule has 3 N–H and O–H groups in total. The highest BCUT2D eigenvalue weighted by Crippen LogP contribution is 2.01. The highest BCUT2D eigenvalue weighted by atomic mass is 16.4. The Morgan fingerprint density at radius 2 is 1.75 bits per heavy atom. The van der Waals surface area contributed by atoms with E-state index in [1.807, 2.05) is 6.92 Å². The third-order valence-corrected chi connectivity index (χ3v) is 1.24. The van der Waals surface area contributed by atoms with Crippen LogP contribution in [0.15, 0.2) is 0 Å². The molecule has 0 spiro atoms. The lowest BCUT2D eigenvalue weighted by Crippen LogP contribution is -1.92. The SMILES string of the molecule is CCCCCCC(=O)O.CCN. The fraction of sp³-hybridized carbons (Fsp3) is 0.889. The van der Waals surface area contributed by atoms with Crippen molar-refractivity contribution in [2.75, 3.05) is 6.54 Å². The normalized spacial score (nSPS) is 8.58. The molecule has 0 aromatic rings. The lowest BCUT2D eigenvalue weighted by atomic mass is 10.2. The van der Waals surface area contributed by atoms with E-state index >= 15 is 0 Å². The van der Waals surface area contributed by atoms with Gasteiger partial charge < -0.3 is 10.8 Å². The molecule has 0 saturated heterocycles. The van der Waals surface area contributed by atoms with E-state index in [9.17, 15) is 4.79 Å². The zero-order valence-electron chi connectivity index (χ0n) is 8.18. The van der Waals surface area contributed by atoms with Crippen LogP contribution in [-0.4, -0.2) is 17.6 Å². The lowest BCUT2D eigenvalue weighted by molar-refractivity contribution is -0.137. The van der Waals surface area contributed by atoms with Crippen molar-refractivity contribution in [2.24, 2.45) is 5.73 Å². The van der Waals surface area contributed by atoms with Gasteiger partial charge in [-0.25, -0.2) is 0 Å². The number of hydrogen-bond donors (Lipinski definition) is 2. The summed E-state index contributed by atoms with van der Waals surface area (Å²) in [5.74, 6) is -0.675. The molecule has 3 heteroatoms. The number of unbranched alkanes of at least 4 members (excludes halogenated alkanes) is 3. The lowest BCUT2D eigenvalue weighted by Gasteiger charge is -1.92. The number of carboxylic acids is 1. The number of carboxylic acid groups (broad SMARTS) is 1. The second kappa shape index (κ2) is 13.1. The third-order valence-electron chi connectivity index (χ3n) is 1.24. The van der Waals surface area contributed by atoms with Crippen LogP contribution in [0.3, 0.4) is 0 Å². The highest BCUT2D eigenvalue weighted by molar-refractivity contribution is 5.66. The minimum absolute atomic E-state index is 0.333. The number of aliphatic carboxylic acids is 1. The van der Waals surface area contributed by atoms with E-state index in [4.69, 9.17) is 10.8 Å². The molecule has 0 amide bonds. The number of rotatable bonds is 5. The fourth-order valence-electron chi connectivity index (χ4n) is 0.703. The van der Waals surface area contributed by atoms with E-state index in [-0.39, 0.29) is 0 Å². The van der Waals surface area contributed by atoms with E-state index in [1.165, 1.54) is 6.42 Å². The molecule has 0 aromatic heterocycles. The zero-order chi connectivity index (χ0) is 9.82. The molecule has 0 saturated carbocycles. The molecule has 74 valence electrons. The quantitative estimate of drug-likeness (QED) is 0.628. The monoisotopic (exact) mass is 175 g/mol. The molecule has 0 aromatic carbocycles. The van der Waals surface area contributed by atoms with Gasteiger partial charge in [-0.3, -0.25) is 4.79 Å². The molecule has 0 radical (unpaired) electrons. The van der Waals surface area contributed by atoms with E-state index in [0.717, 1.165) is 25.8 Å². The van der Waals surface area contributed by atoms with Gasteiger partial charge >= 0.3 is 5.97 Å². The van der Waals surface area contributed by atoms with Crippen LogP contribution in [-0.2, 0) is 4.79 Å². The van der Waals surface area contributed by atoms with Crippen LogP contribution < -0.4 is 5.73 Å². The Balaban J connectivity index is 0. The van der Waals surface area contributed by atoms with Crippen LogP contribution in [0.25, 0.3) is 0 Å². The van der Waals surface area contributed by atoms with Gasteiger partial charge in [0, 0.05) is 6.42 Å². The second-order valence-corrected chi connectivity index (χ2v) is 2.61. The molecule has 0 heterocycles. The summed E-state index contributed by atoms with van der Waals surface area (Å²) in [7, 11) is 0. The van der Waals surface area contributed by atoms with Gasteiger partial charge in [0.25, 0.3) is 0 Å². The summed E-state index contributed by atoms with van der Waals surface area (Å²) in [5.41, 5.74) is 4.85. The van der Waals surface area contributed by atoms with Crippen molar-refractivity contribution in [3.8, 4) is 0 Å². The molecule has 0 aliphatic heterocycles. The van der Waals surface area contributed by atoms with Gasteiger partial charge in [0.1, 0.15) is 0 Å². The van der Waals surface area contributed by atoms with E-state index < -0.39 is 5.97 Å². The molecule has 0 fully saturated rings. The summed E-state index contributed by atoms with van der Waals surface area (Å²) in [5, 5.41) is 8.21. The Kier molecular flexibility index (Phi) is 15.2. The summed E-state index contributed by atoms with van der Waals surface area (Å²) in [4.78, 5) is 9.96. The van der Waals surface area contributed by atoms with Gasteiger partial charge in [-0.05, 0) is 13.0 Å². The minimum atomic E-state index is -0.675. The standard InChI is InChI=1S/C7H14O2.C2H7N/c1-2-3-4-5-6-7(8)9;1-2-3/h2-6H2,1H3,(H,8,9);2-3H2,1H3. The first-order valence-corrected chi connectivity index (χ1v) is 4.60. The second-order valence-electron chi connectivity index (χ2n) is 2.61. The molecule has 0 unspecified atom stereocenters. The topological polar surface area (TPSA) is 63.3 Å². The summed E-state index contributed by atoms with van der Waals surface area (Å²) >= 11 is 0. The van der Waals surface area contributed by atoms with Gasteiger partial charge in [-0.1, -0.05) is 33.1 Å². The van der Waals surface area contributed by atoms with Crippen molar-refractivity contribution in [3.63, 3.8) is 0 Å². The maximum Gasteiger partial charge on any atom is 0.303 e. The summed E-state index contributed by atoms with van der Waals surface area (Å²) in [6.07, 6.45) is 4.55. The van der Waals surface area contributed by atoms with Gasteiger partial charge in [-0.2, -0.15) is 0 Å². The molecule has 0 aliphatic carbocycles. The van der Waals surface area contributed by atoms with Crippen molar-refractivity contribution in [1.29, 1.82) is 0 Å². The third kappa shape index (κ3) is 22.7. The van der Waals surface area contributed by atoms with Crippen molar-refractivity contribution in [2.45, 2.75) is 46.0 Å². The first-order chi connectivity index (χ1) is 5.68. The Hall–Kier alpha value is -0.570. The smallest absolute Gasteiger partial charge is 0.303 e. The highest BCUT2D eigenvalue weighted by Gasteiger charge is 1.93. The minimum Gasteiger partial charge on any atom is -0.481 e. The van der Waals surface area contributed by atoms with Crippen LogP contribution in [0.1, 0.15) is 46.0 Å². The van der Waals surface area contributed by atoms with Crippen molar-refractivity contribution < 1.29 is 9.90 Å². The molecular formula is C9H21NO2. The average Bonchev–Trinajstić information content (AvgIpc) is 1.99.